The molecule has 2 aromatic rings. The fraction of sp³-hybridized carbons (Fsp3) is 0.480. The van der Waals surface area contributed by atoms with E-state index < -0.39 is 0 Å². The van der Waals surface area contributed by atoms with Gasteiger partial charge in [-0.15, -0.1) is 0 Å². The number of benzene rings is 1. The molecule has 2 heterocycles. The Balaban J connectivity index is 1.24. The van der Waals surface area contributed by atoms with E-state index in [0.29, 0.717) is 62.6 Å². The van der Waals surface area contributed by atoms with Gasteiger partial charge in [0.1, 0.15) is 0 Å². The van der Waals surface area contributed by atoms with Crippen molar-refractivity contribution in [3.63, 3.8) is 0 Å². The highest BCUT2D eigenvalue weighted by Crippen LogP contribution is 2.31. The Hall–Kier alpha value is -3.37. The molecule has 1 aromatic carbocycles. The van der Waals surface area contributed by atoms with E-state index in [1.54, 1.807) is 26.0 Å². The SMILES string of the molecule is Cc1c(C)c(O)n(CCOCCOCCC(=O)Nc2ccc(CCC(=O)N3CCC3=O)cc2)c1O. The van der Waals surface area contributed by atoms with E-state index >= 15 is 0 Å². The van der Waals surface area contributed by atoms with E-state index in [1.807, 2.05) is 12.1 Å². The van der Waals surface area contributed by atoms with Crippen LogP contribution in [0.4, 0.5) is 5.69 Å². The average molecular weight is 488 g/mol. The van der Waals surface area contributed by atoms with Crippen LogP contribution >= 0.6 is 0 Å². The van der Waals surface area contributed by atoms with Gasteiger partial charge in [0.2, 0.25) is 17.7 Å². The normalized spacial score (nSPS) is 13.1. The van der Waals surface area contributed by atoms with Crippen LogP contribution in [0.1, 0.15) is 36.0 Å². The van der Waals surface area contributed by atoms with E-state index in [-0.39, 0.29) is 48.9 Å². The molecular weight excluding hydrogens is 454 g/mol. The quantitative estimate of drug-likeness (QED) is 0.292. The van der Waals surface area contributed by atoms with Crippen LogP contribution in [0, 0.1) is 13.8 Å². The fourth-order valence-corrected chi connectivity index (χ4v) is 3.64. The number of anilines is 1. The Morgan fingerprint density at radius 3 is 2.14 bits per heavy atom. The minimum atomic E-state index is -0.172. The maximum atomic E-state index is 12.1. The molecule has 1 aliphatic heterocycles. The van der Waals surface area contributed by atoms with Crippen LogP contribution in [0.25, 0.3) is 0 Å². The van der Waals surface area contributed by atoms with Crippen LogP contribution in [0.15, 0.2) is 24.3 Å². The third kappa shape index (κ3) is 7.06. The van der Waals surface area contributed by atoms with Gasteiger partial charge in [-0.2, -0.15) is 0 Å². The Morgan fingerprint density at radius 2 is 1.57 bits per heavy atom. The molecule has 0 aliphatic carbocycles. The molecule has 0 saturated carbocycles. The summed E-state index contributed by atoms with van der Waals surface area (Å²) in [5.74, 6) is -0.348. The van der Waals surface area contributed by atoms with Crippen LogP contribution in [0.3, 0.4) is 0 Å². The standard InChI is InChI=1S/C25H33N3O7/c1-17-18(2)25(33)28(24(17)32)12-14-35-16-15-34-13-10-21(29)26-20-6-3-19(4-7-20)5-8-22(30)27-11-9-23(27)31/h3-4,6-7,32-33H,5,8-16H2,1-2H3,(H,26,29). The Morgan fingerprint density at radius 1 is 0.943 bits per heavy atom. The molecule has 0 spiro atoms. The number of likely N-dealkylation sites (tertiary alicyclic amines) is 1. The highest BCUT2D eigenvalue weighted by molar-refractivity contribution is 5.99. The summed E-state index contributed by atoms with van der Waals surface area (Å²) in [6.45, 7) is 5.54. The summed E-state index contributed by atoms with van der Waals surface area (Å²) < 4.78 is 12.3. The number of hydrogen-bond donors (Lipinski definition) is 3. The monoisotopic (exact) mass is 487 g/mol. The van der Waals surface area contributed by atoms with Gasteiger partial charge in [-0.25, -0.2) is 0 Å². The number of carbonyl (C=O) groups is 3. The molecule has 3 N–H and O–H groups in total. The van der Waals surface area contributed by atoms with Crippen molar-refractivity contribution >= 4 is 23.4 Å². The molecule has 3 rings (SSSR count). The van der Waals surface area contributed by atoms with Crippen molar-refractivity contribution in [1.82, 2.24) is 9.47 Å². The number of ether oxygens (including phenoxy) is 2. The third-order valence-corrected chi connectivity index (χ3v) is 6.07. The molecule has 0 atom stereocenters. The van der Waals surface area contributed by atoms with E-state index in [0.717, 1.165) is 5.56 Å². The predicted octanol–water partition coefficient (Wildman–Crippen LogP) is 2.27. The van der Waals surface area contributed by atoms with Crippen molar-refractivity contribution < 1.29 is 34.1 Å². The van der Waals surface area contributed by atoms with Crippen molar-refractivity contribution in [2.24, 2.45) is 0 Å². The van der Waals surface area contributed by atoms with Crippen molar-refractivity contribution in [3.8, 4) is 11.8 Å². The summed E-state index contributed by atoms with van der Waals surface area (Å²) in [5, 5.41) is 22.8. The smallest absolute Gasteiger partial charge is 0.230 e. The number of hydrogen-bond acceptors (Lipinski definition) is 7. The summed E-state index contributed by atoms with van der Waals surface area (Å²) in [6.07, 6.45) is 1.48. The van der Waals surface area contributed by atoms with Crippen LogP contribution in [-0.4, -0.2) is 70.4 Å². The highest BCUT2D eigenvalue weighted by atomic mass is 16.5. The molecule has 1 fully saturated rings. The van der Waals surface area contributed by atoms with Gasteiger partial charge in [0.05, 0.1) is 39.4 Å². The second kappa shape index (κ2) is 12.4. The lowest BCUT2D eigenvalue weighted by atomic mass is 10.1. The van der Waals surface area contributed by atoms with Crippen molar-refractivity contribution in [1.29, 1.82) is 0 Å². The van der Waals surface area contributed by atoms with E-state index in [4.69, 9.17) is 9.47 Å². The van der Waals surface area contributed by atoms with Crippen LogP contribution in [0.5, 0.6) is 11.8 Å². The van der Waals surface area contributed by atoms with Gasteiger partial charge >= 0.3 is 0 Å². The number of aromatic nitrogens is 1. The number of aryl methyl sites for hydroxylation is 1. The lowest BCUT2D eigenvalue weighted by Crippen LogP contribution is -2.47. The maximum Gasteiger partial charge on any atom is 0.230 e. The van der Waals surface area contributed by atoms with E-state index in [1.165, 1.54) is 9.47 Å². The summed E-state index contributed by atoms with van der Waals surface area (Å²) in [4.78, 5) is 36.6. The number of β-lactam (4-membered cyclic amide) rings is 1. The van der Waals surface area contributed by atoms with Gasteiger partial charge in [0.15, 0.2) is 11.8 Å². The molecule has 190 valence electrons. The average Bonchev–Trinajstić information content (AvgIpc) is 3.01. The molecule has 0 radical (unpaired) electrons. The lowest BCUT2D eigenvalue weighted by Gasteiger charge is -2.28. The van der Waals surface area contributed by atoms with Gasteiger partial charge < -0.3 is 25.0 Å². The zero-order valence-electron chi connectivity index (χ0n) is 20.2. The summed E-state index contributed by atoms with van der Waals surface area (Å²) in [6, 6.07) is 7.27. The summed E-state index contributed by atoms with van der Waals surface area (Å²) in [5.41, 5.74) is 2.91. The Kier molecular flexibility index (Phi) is 9.27. The lowest BCUT2D eigenvalue weighted by molar-refractivity contribution is -0.152. The number of rotatable bonds is 13. The molecule has 10 heteroatoms. The number of nitrogens with zero attached hydrogens (tertiary/aromatic N) is 2. The molecular formula is C25H33N3O7. The van der Waals surface area contributed by atoms with Gasteiger partial charge in [0.25, 0.3) is 0 Å². The number of nitrogens with one attached hydrogen (secondary N) is 1. The van der Waals surface area contributed by atoms with Crippen molar-refractivity contribution in [2.75, 3.05) is 38.3 Å². The second-order valence-corrected chi connectivity index (χ2v) is 8.46. The minimum absolute atomic E-state index is 0.0374. The molecule has 0 unspecified atom stereocenters. The van der Waals surface area contributed by atoms with Crippen molar-refractivity contribution in [3.05, 3.63) is 41.0 Å². The highest BCUT2D eigenvalue weighted by Gasteiger charge is 2.29. The van der Waals surface area contributed by atoms with Crippen LogP contribution < -0.4 is 5.32 Å². The largest absolute Gasteiger partial charge is 0.494 e. The molecule has 0 bridgehead atoms. The first-order valence-electron chi connectivity index (χ1n) is 11.7. The molecule has 10 nitrogen and oxygen atoms in total. The maximum absolute atomic E-state index is 12.1. The molecule has 1 aliphatic rings. The second-order valence-electron chi connectivity index (χ2n) is 8.46. The van der Waals surface area contributed by atoms with Gasteiger partial charge in [-0.1, -0.05) is 12.1 Å². The first-order chi connectivity index (χ1) is 16.8. The minimum Gasteiger partial charge on any atom is -0.494 e. The Bertz CT molecular complexity index is 1020. The molecule has 1 saturated heterocycles. The molecule has 35 heavy (non-hydrogen) atoms. The van der Waals surface area contributed by atoms with E-state index in [9.17, 15) is 24.6 Å². The molecule has 3 amide bonds. The zero-order valence-corrected chi connectivity index (χ0v) is 20.2. The van der Waals surface area contributed by atoms with Crippen LogP contribution in [-0.2, 0) is 36.8 Å². The number of imide groups is 1. The van der Waals surface area contributed by atoms with Crippen molar-refractivity contribution in [2.45, 2.75) is 46.1 Å². The first kappa shape index (κ1) is 26.2. The van der Waals surface area contributed by atoms with Crippen LogP contribution in [0.2, 0.25) is 0 Å². The Labute approximate surface area is 204 Å². The summed E-state index contributed by atoms with van der Waals surface area (Å²) >= 11 is 0. The zero-order chi connectivity index (χ0) is 25.4. The van der Waals surface area contributed by atoms with Gasteiger partial charge in [0, 0.05) is 36.2 Å². The topological polar surface area (TPSA) is 130 Å². The predicted molar refractivity (Wildman–Crippen MR) is 128 cm³/mol. The number of carbonyl (C=O) groups excluding carboxylic acids is 3. The van der Waals surface area contributed by atoms with E-state index in [2.05, 4.69) is 5.32 Å². The fourth-order valence-electron chi connectivity index (χ4n) is 3.64. The third-order valence-electron chi connectivity index (χ3n) is 6.07. The molecule has 1 aromatic heterocycles. The van der Waals surface area contributed by atoms with Gasteiger partial charge in [-0.3, -0.25) is 23.9 Å². The number of amides is 3. The first-order valence-corrected chi connectivity index (χ1v) is 11.7. The van der Waals surface area contributed by atoms with Gasteiger partial charge in [-0.05, 0) is 38.0 Å². The number of aromatic hydroxyl groups is 2. The summed E-state index contributed by atoms with van der Waals surface area (Å²) in [7, 11) is 0.